The smallest absolute Gasteiger partial charge is 0.331 e. The van der Waals surface area contributed by atoms with Crippen LogP contribution in [0.3, 0.4) is 0 Å². The lowest BCUT2D eigenvalue weighted by Crippen LogP contribution is -2.45. The number of nitrogens with zero attached hydrogens (tertiary/aromatic N) is 4. The van der Waals surface area contributed by atoms with Crippen LogP contribution in [0.4, 0.5) is 21.9 Å². The molecule has 1 saturated heterocycles. The second kappa shape index (κ2) is 8.93. The Bertz CT molecular complexity index is 1400. The van der Waals surface area contributed by atoms with Crippen LogP contribution in [0.25, 0.3) is 10.2 Å². The van der Waals surface area contributed by atoms with Crippen LogP contribution in [-0.2, 0) is 0 Å². The lowest BCUT2D eigenvalue weighted by molar-refractivity contribution is 0.0935. The molecule has 3 amide bonds. The van der Waals surface area contributed by atoms with E-state index in [1.54, 1.807) is 59.8 Å². The summed E-state index contributed by atoms with van der Waals surface area (Å²) in [6.45, 7) is 1.71. The first kappa shape index (κ1) is 21.4. The lowest BCUT2D eigenvalue weighted by Gasteiger charge is -2.28. The SMILES string of the molecule is O=C(NC1CCCNC1)c1sc2nccc3c2c1NC(=O)N3c1ccc(Oc2cccnn2)cc1. The number of amides is 3. The number of carbonyl (C=O) groups excluding carboxylic acids is 2. The van der Waals surface area contributed by atoms with Gasteiger partial charge in [-0.05, 0) is 55.8 Å². The molecule has 3 N–H and O–H groups in total. The van der Waals surface area contributed by atoms with E-state index < -0.39 is 0 Å². The first-order valence-corrected chi connectivity index (χ1v) is 12.1. The summed E-state index contributed by atoms with van der Waals surface area (Å²) in [4.78, 5) is 33.5. The summed E-state index contributed by atoms with van der Waals surface area (Å²) in [5.41, 5.74) is 1.84. The van der Waals surface area contributed by atoms with Gasteiger partial charge in [-0.15, -0.1) is 16.4 Å². The third-order valence-electron chi connectivity index (χ3n) is 5.95. The number of nitrogens with one attached hydrogen (secondary N) is 3. The van der Waals surface area contributed by atoms with E-state index in [1.807, 2.05) is 0 Å². The molecular formula is C24H21N7O3S. The lowest BCUT2D eigenvalue weighted by atomic mass is 10.1. The number of anilines is 3. The fraction of sp³-hybridized carbons (Fsp3) is 0.208. The standard InChI is InChI=1S/C24H21N7O3S/c32-22(28-14-3-1-10-25-13-14)21-20-19-17(9-12-26-23(19)35-21)31(24(33)29-20)15-5-7-16(8-6-15)34-18-4-2-11-27-30-18/h2,4-9,11-12,14,25H,1,3,10,13H2,(H,28,32)(H,29,33). The molecule has 2 aliphatic heterocycles. The number of urea groups is 1. The molecule has 1 atom stereocenters. The molecule has 0 spiro atoms. The highest BCUT2D eigenvalue weighted by atomic mass is 32.1. The minimum absolute atomic E-state index is 0.0690. The number of aromatic nitrogens is 3. The highest BCUT2D eigenvalue weighted by Crippen LogP contribution is 2.45. The maximum atomic E-state index is 13.2. The van der Waals surface area contributed by atoms with Crippen LogP contribution in [-0.4, -0.2) is 46.3 Å². The molecule has 1 fully saturated rings. The van der Waals surface area contributed by atoms with Crippen molar-refractivity contribution in [2.24, 2.45) is 0 Å². The Balaban J connectivity index is 1.31. The normalized spacial score (nSPS) is 17.2. The molecular weight excluding hydrogens is 466 g/mol. The van der Waals surface area contributed by atoms with Crippen molar-refractivity contribution in [3.8, 4) is 11.6 Å². The number of benzene rings is 1. The number of carbonyl (C=O) groups is 2. The molecule has 176 valence electrons. The van der Waals surface area contributed by atoms with Gasteiger partial charge in [-0.2, -0.15) is 5.10 Å². The minimum Gasteiger partial charge on any atom is -0.438 e. The second-order valence-corrected chi connectivity index (χ2v) is 9.26. The second-order valence-electron chi connectivity index (χ2n) is 8.26. The van der Waals surface area contributed by atoms with Crippen molar-refractivity contribution in [2.45, 2.75) is 18.9 Å². The van der Waals surface area contributed by atoms with Crippen molar-refractivity contribution in [2.75, 3.05) is 23.3 Å². The van der Waals surface area contributed by atoms with E-state index in [1.165, 1.54) is 11.3 Å². The first-order chi connectivity index (χ1) is 17.2. The van der Waals surface area contributed by atoms with Crippen LogP contribution in [0.15, 0.2) is 54.9 Å². The number of pyridine rings is 1. The molecule has 35 heavy (non-hydrogen) atoms. The summed E-state index contributed by atoms with van der Waals surface area (Å²) < 4.78 is 5.70. The van der Waals surface area contributed by atoms with E-state index >= 15 is 0 Å². The molecule has 4 aromatic rings. The molecule has 0 saturated carbocycles. The minimum atomic E-state index is -0.348. The van der Waals surface area contributed by atoms with Crippen molar-refractivity contribution < 1.29 is 14.3 Å². The van der Waals surface area contributed by atoms with Gasteiger partial charge in [0.1, 0.15) is 15.5 Å². The van der Waals surface area contributed by atoms with Crippen molar-refractivity contribution in [1.29, 1.82) is 0 Å². The summed E-state index contributed by atoms with van der Waals surface area (Å²) in [7, 11) is 0. The summed E-state index contributed by atoms with van der Waals surface area (Å²) in [6.07, 6.45) is 5.17. The Kier molecular flexibility index (Phi) is 5.47. The van der Waals surface area contributed by atoms with Crippen LogP contribution >= 0.6 is 11.3 Å². The molecule has 3 aromatic heterocycles. The number of ether oxygens (including phenoxy) is 1. The predicted octanol–water partition coefficient (Wildman–Crippen LogP) is 4.04. The number of rotatable bonds is 5. The average molecular weight is 488 g/mol. The summed E-state index contributed by atoms with van der Waals surface area (Å²) in [5.74, 6) is 0.755. The molecule has 0 radical (unpaired) electrons. The molecule has 2 aliphatic rings. The Labute approximate surface area is 204 Å². The zero-order chi connectivity index (χ0) is 23.8. The Morgan fingerprint density at radius 1 is 1.17 bits per heavy atom. The van der Waals surface area contributed by atoms with Crippen molar-refractivity contribution >= 4 is 50.6 Å². The monoisotopic (exact) mass is 487 g/mol. The molecule has 0 bridgehead atoms. The van der Waals surface area contributed by atoms with E-state index in [4.69, 9.17) is 4.74 Å². The van der Waals surface area contributed by atoms with Crippen LogP contribution in [0.1, 0.15) is 22.5 Å². The summed E-state index contributed by atoms with van der Waals surface area (Å²) >= 11 is 1.28. The average Bonchev–Trinajstić information content (AvgIpc) is 3.26. The van der Waals surface area contributed by atoms with Gasteiger partial charge in [-0.1, -0.05) is 0 Å². The van der Waals surface area contributed by atoms with E-state index in [0.717, 1.165) is 31.3 Å². The molecule has 0 aliphatic carbocycles. The molecule has 1 unspecified atom stereocenters. The summed E-state index contributed by atoms with van der Waals surface area (Å²) in [5, 5.41) is 17.8. The van der Waals surface area contributed by atoms with E-state index in [-0.39, 0.29) is 18.0 Å². The Morgan fingerprint density at radius 2 is 2.06 bits per heavy atom. The van der Waals surface area contributed by atoms with Gasteiger partial charge in [0, 0.05) is 31.0 Å². The van der Waals surface area contributed by atoms with Crippen molar-refractivity contribution in [3.05, 3.63) is 59.7 Å². The van der Waals surface area contributed by atoms with Gasteiger partial charge >= 0.3 is 6.03 Å². The predicted molar refractivity (Wildman–Crippen MR) is 133 cm³/mol. The Hall–Kier alpha value is -4.09. The first-order valence-electron chi connectivity index (χ1n) is 11.3. The Morgan fingerprint density at radius 3 is 2.83 bits per heavy atom. The number of hydrogen-bond donors (Lipinski definition) is 3. The van der Waals surface area contributed by atoms with Gasteiger partial charge in [-0.25, -0.2) is 9.78 Å². The fourth-order valence-corrected chi connectivity index (χ4v) is 5.37. The zero-order valence-corrected chi connectivity index (χ0v) is 19.3. The summed E-state index contributed by atoms with van der Waals surface area (Å²) in [6, 6.07) is 12.1. The molecule has 6 rings (SSSR count). The number of thiophene rings is 1. The maximum absolute atomic E-state index is 13.2. The third-order valence-corrected chi connectivity index (χ3v) is 7.05. The van der Waals surface area contributed by atoms with Gasteiger partial charge < -0.3 is 20.7 Å². The van der Waals surface area contributed by atoms with Gasteiger partial charge in [-0.3, -0.25) is 9.69 Å². The molecule has 5 heterocycles. The molecule has 1 aromatic carbocycles. The van der Waals surface area contributed by atoms with Crippen LogP contribution in [0, 0.1) is 0 Å². The third kappa shape index (κ3) is 4.04. The highest BCUT2D eigenvalue weighted by Gasteiger charge is 2.33. The number of hydrogen-bond acceptors (Lipinski definition) is 8. The fourth-order valence-electron chi connectivity index (χ4n) is 4.35. The van der Waals surface area contributed by atoms with Crippen molar-refractivity contribution in [1.82, 2.24) is 25.8 Å². The van der Waals surface area contributed by atoms with Gasteiger partial charge in [0.25, 0.3) is 5.91 Å². The van der Waals surface area contributed by atoms with Crippen LogP contribution in [0.2, 0.25) is 0 Å². The quantitative estimate of drug-likeness (QED) is 0.388. The van der Waals surface area contributed by atoms with E-state index in [2.05, 4.69) is 31.1 Å². The molecule has 11 heteroatoms. The van der Waals surface area contributed by atoms with E-state index in [0.29, 0.717) is 38.4 Å². The van der Waals surface area contributed by atoms with Crippen LogP contribution < -0.4 is 25.6 Å². The topological polar surface area (TPSA) is 121 Å². The molecule has 10 nitrogen and oxygen atoms in total. The highest BCUT2D eigenvalue weighted by molar-refractivity contribution is 7.21. The largest absolute Gasteiger partial charge is 0.438 e. The van der Waals surface area contributed by atoms with Crippen LogP contribution in [0.5, 0.6) is 11.6 Å². The van der Waals surface area contributed by atoms with Gasteiger partial charge in [0.05, 0.1) is 22.4 Å². The van der Waals surface area contributed by atoms with E-state index in [9.17, 15) is 9.59 Å². The van der Waals surface area contributed by atoms with Crippen molar-refractivity contribution in [3.63, 3.8) is 0 Å². The zero-order valence-electron chi connectivity index (χ0n) is 18.5. The van der Waals surface area contributed by atoms with Gasteiger partial charge in [0.2, 0.25) is 5.88 Å². The van der Waals surface area contributed by atoms with Gasteiger partial charge in [0.15, 0.2) is 0 Å². The maximum Gasteiger partial charge on any atom is 0.331 e. The number of piperidine rings is 1.